The van der Waals surface area contributed by atoms with Crippen molar-refractivity contribution in [2.75, 3.05) is 31.2 Å². The maximum Gasteiger partial charge on any atom is 0.307 e. The third-order valence-electron chi connectivity index (χ3n) is 4.74. The van der Waals surface area contributed by atoms with Crippen molar-refractivity contribution in [3.8, 4) is 10.6 Å². The van der Waals surface area contributed by atoms with Crippen LogP contribution in [-0.2, 0) is 21.7 Å². The summed E-state index contributed by atoms with van der Waals surface area (Å²) in [5.41, 5.74) is 2.90. The van der Waals surface area contributed by atoms with E-state index in [1.54, 1.807) is 11.3 Å². The molecule has 3 heterocycles. The molecule has 2 aromatic heterocycles. The molecule has 3 aromatic rings. The Balaban J connectivity index is 1.65. The van der Waals surface area contributed by atoms with Crippen LogP contribution >= 0.6 is 23.1 Å². The number of aromatic nitrogens is 2. The number of anilines is 1. The zero-order chi connectivity index (χ0) is 21.6. The number of carboxylic acid groups (broad SMARTS) is 1. The van der Waals surface area contributed by atoms with E-state index in [9.17, 15) is 4.79 Å². The monoisotopic (exact) mass is 452 g/mol. The second kappa shape index (κ2) is 9.92. The number of ether oxygens (including phenoxy) is 1. The molecule has 7 nitrogen and oxygen atoms in total. The van der Waals surface area contributed by atoms with Crippen molar-refractivity contribution in [2.24, 2.45) is 0 Å². The highest BCUT2D eigenvalue weighted by molar-refractivity contribution is 7.98. The second-order valence-electron chi connectivity index (χ2n) is 6.89. The number of thioether (sulfide) groups is 1. The van der Waals surface area contributed by atoms with Gasteiger partial charge in [0.05, 0.1) is 31.9 Å². The van der Waals surface area contributed by atoms with Gasteiger partial charge in [-0.3, -0.25) is 4.79 Å². The number of thiophene rings is 1. The Bertz CT molecular complexity index is 1110. The molecule has 4 rings (SSSR count). The molecule has 0 aliphatic carbocycles. The lowest BCUT2D eigenvalue weighted by Gasteiger charge is -2.29. The van der Waals surface area contributed by atoms with Crippen LogP contribution in [0.3, 0.4) is 0 Å². The molecule has 31 heavy (non-hydrogen) atoms. The van der Waals surface area contributed by atoms with Crippen LogP contribution in [0.4, 0.5) is 11.5 Å². The highest BCUT2D eigenvalue weighted by Gasteiger charge is 2.23. The summed E-state index contributed by atoms with van der Waals surface area (Å²) in [5.74, 6) is 0.412. The van der Waals surface area contributed by atoms with Crippen LogP contribution in [0.1, 0.15) is 11.1 Å². The van der Waals surface area contributed by atoms with Crippen LogP contribution in [0.2, 0.25) is 0 Å². The molecule has 1 N–H and O–H groups in total. The smallest absolute Gasteiger partial charge is 0.307 e. The fraction of sp³-hybridized carbons (Fsp3) is 0.273. The quantitative estimate of drug-likeness (QED) is 0.321. The molecule has 0 bridgehead atoms. The molecule has 1 aliphatic rings. The lowest BCUT2D eigenvalue weighted by Crippen LogP contribution is -2.37. The summed E-state index contributed by atoms with van der Waals surface area (Å²) in [6, 6.07) is 11.5. The minimum atomic E-state index is -0.849. The number of nitrogens with zero attached hydrogens (tertiary/aromatic N) is 4. The SMILES string of the molecule is [C-]#[N+]c1c(-c2cccs2)nc(SCc2cccc(CC(=O)O)c2)nc1N1CCOCC1. The van der Waals surface area contributed by atoms with Gasteiger partial charge in [0, 0.05) is 23.7 Å². The maximum absolute atomic E-state index is 11.0. The van der Waals surface area contributed by atoms with E-state index >= 15 is 0 Å². The zero-order valence-electron chi connectivity index (χ0n) is 16.7. The third kappa shape index (κ3) is 5.22. The molecule has 1 saturated heterocycles. The van der Waals surface area contributed by atoms with Gasteiger partial charge in [-0.25, -0.2) is 14.8 Å². The molecule has 0 unspecified atom stereocenters. The van der Waals surface area contributed by atoms with Crippen molar-refractivity contribution < 1.29 is 14.6 Å². The van der Waals surface area contributed by atoms with Gasteiger partial charge in [0.15, 0.2) is 5.16 Å². The van der Waals surface area contributed by atoms with E-state index in [0.29, 0.717) is 54.4 Å². The molecule has 1 aromatic carbocycles. The number of hydrogen-bond acceptors (Lipinski definition) is 7. The summed E-state index contributed by atoms with van der Waals surface area (Å²) in [6.45, 7) is 10.4. The fourth-order valence-electron chi connectivity index (χ4n) is 3.32. The molecule has 158 valence electrons. The predicted molar refractivity (Wildman–Crippen MR) is 122 cm³/mol. The molecular formula is C22H20N4O3S2. The van der Waals surface area contributed by atoms with E-state index in [2.05, 4.69) is 9.74 Å². The van der Waals surface area contributed by atoms with Crippen molar-refractivity contribution in [3.63, 3.8) is 0 Å². The van der Waals surface area contributed by atoms with Crippen LogP contribution in [0.5, 0.6) is 0 Å². The van der Waals surface area contributed by atoms with Gasteiger partial charge in [0.2, 0.25) is 0 Å². The third-order valence-corrected chi connectivity index (χ3v) is 6.53. The number of carboxylic acids is 1. The molecule has 1 fully saturated rings. The predicted octanol–water partition coefficient (Wildman–Crippen LogP) is 4.51. The average Bonchev–Trinajstić information content (AvgIpc) is 3.32. The van der Waals surface area contributed by atoms with Crippen molar-refractivity contribution in [3.05, 3.63) is 64.3 Å². The first-order valence-corrected chi connectivity index (χ1v) is 11.6. The van der Waals surface area contributed by atoms with Crippen molar-refractivity contribution in [2.45, 2.75) is 17.3 Å². The summed E-state index contributed by atoms with van der Waals surface area (Å²) >= 11 is 3.03. The Morgan fingerprint density at radius 2 is 2.03 bits per heavy atom. The number of benzene rings is 1. The van der Waals surface area contributed by atoms with Crippen molar-refractivity contribution >= 4 is 40.6 Å². The van der Waals surface area contributed by atoms with Crippen LogP contribution in [0.25, 0.3) is 15.4 Å². The fourth-order valence-corrected chi connectivity index (χ4v) is 4.82. The number of aliphatic carboxylic acids is 1. The normalized spacial score (nSPS) is 13.7. The highest BCUT2D eigenvalue weighted by Crippen LogP contribution is 2.40. The van der Waals surface area contributed by atoms with Gasteiger partial charge < -0.3 is 14.7 Å². The lowest BCUT2D eigenvalue weighted by atomic mass is 10.1. The first kappa shape index (κ1) is 21.3. The molecule has 0 radical (unpaired) electrons. The highest BCUT2D eigenvalue weighted by atomic mass is 32.2. The first-order valence-electron chi connectivity index (χ1n) is 9.72. The Kier molecular flexibility index (Phi) is 6.82. The van der Waals surface area contributed by atoms with Gasteiger partial charge in [-0.2, -0.15) is 0 Å². The maximum atomic E-state index is 11.0. The van der Waals surface area contributed by atoms with E-state index in [1.807, 2.05) is 41.8 Å². The molecule has 9 heteroatoms. The Labute approximate surface area is 188 Å². The summed E-state index contributed by atoms with van der Waals surface area (Å²) in [5, 5.41) is 11.6. The lowest BCUT2D eigenvalue weighted by molar-refractivity contribution is -0.136. The summed E-state index contributed by atoms with van der Waals surface area (Å²) in [6.07, 6.45) is -0.00157. The number of carbonyl (C=O) groups is 1. The van der Waals surface area contributed by atoms with Crippen molar-refractivity contribution in [1.82, 2.24) is 9.97 Å². The van der Waals surface area contributed by atoms with Crippen LogP contribution in [0, 0.1) is 6.57 Å². The van der Waals surface area contributed by atoms with E-state index in [0.717, 1.165) is 16.0 Å². The number of morpholine rings is 1. The Morgan fingerprint density at radius 1 is 1.23 bits per heavy atom. The first-order chi connectivity index (χ1) is 15.1. The summed E-state index contributed by atoms with van der Waals surface area (Å²) in [4.78, 5) is 27.3. The van der Waals surface area contributed by atoms with E-state index in [4.69, 9.17) is 26.4 Å². The molecule has 0 spiro atoms. The Morgan fingerprint density at radius 3 is 2.74 bits per heavy atom. The molecule has 0 atom stereocenters. The van der Waals surface area contributed by atoms with Crippen LogP contribution < -0.4 is 4.90 Å². The van der Waals surface area contributed by atoms with Gasteiger partial charge >= 0.3 is 5.97 Å². The minimum Gasteiger partial charge on any atom is -0.481 e. The molecule has 0 saturated carbocycles. The topological polar surface area (TPSA) is 79.9 Å². The molecule has 0 amide bonds. The summed E-state index contributed by atoms with van der Waals surface area (Å²) in [7, 11) is 0. The van der Waals surface area contributed by atoms with Crippen LogP contribution in [-0.4, -0.2) is 47.3 Å². The molecule has 1 aliphatic heterocycles. The number of hydrogen-bond donors (Lipinski definition) is 1. The standard InChI is InChI=1S/C22H20N4O3S2/c1-23-20-19(17-6-3-11-30-17)24-22(25-21(20)26-7-9-29-10-8-26)31-14-16-5-2-4-15(12-16)13-18(27)28/h2-6,11-12H,7-10,13-14H2,(H,27,28). The van der Waals surface area contributed by atoms with Gasteiger partial charge in [-0.15, -0.1) is 11.3 Å². The summed E-state index contributed by atoms with van der Waals surface area (Å²) < 4.78 is 5.46. The zero-order valence-corrected chi connectivity index (χ0v) is 18.3. The van der Waals surface area contributed by atoms with E-state index < -0.39 is 5.97 Å². The molecular weight excluding hydrogens is 432 g/mol. The van der Waals surface area contributed by atoms with Gasteiger partial charge in [-0.05, 0) is 22.6 Å². The van der Waals surface area contributed by atoms with E-state index in [-0.39, 0.29) is 6.42 Å². The van der Waals surface area contributed by atoms with Crippen LogP contribution in [0.15, 0.2) is 46.9 Å². The van der Waals surface area contributed by atoms with E-state index in [1.165, 1.54) is 11.8 Å². The average molecular weight is 453 g/mol. The van der Waals surface area contributed by atoms with Gasteiger partial charge in [0.25, 0.3) is 5.69 Å². The second-order valence-corrected chi connectivity index (χ2v) is 8.78. The van der Waals surface area contributed by atoms with Gasteiger partial charge in [-0.1, -0.05) is 42.1 Å². The largest absolute Gasteiger partial charge is 0.481 e. The number of rotatable bonds is 7. The van der Waals surface area contributed by atoms with Crippen molar-refractivity contribution in [1.29, 1.82) is 0 Å². The Hall–Kier alpha value is -2.93. The van der Waals surface area contributed by atoms with Gasteiger partial charge in [0.1, 0.15) is 5.82 Å². The minimum absolute atomic E-state index is 0.00157.